The molecule has 0 radical (unpaired) electrons. The van der Waals surface area contributed by atoms with Crippen molar-refractivity contribution in [2.45, 2.75) is 12.6 Å². The van der Waals surface area contributed by atoms with Crippen molar-refractivity contribution in [3.05, 3.63) is 59.9 Å². The Balaban J connectivity index is 1.94. The number of hydrogen-bond donors (Lipinski definition) is 2. The summed E-state index contributed by atoms with van der Waals surface area (Å²) in [5, 5.41) is 12.6. The molecular weight excluding hydrogens is 256 g/mol. The molecule has 0 bridgehead atoms. The molecule has 0 aliphatic carbocycles. The molecule has 0 saturated heterocycles. The summed E-state index contributed by atoms with van der Waals surface area (Å²) >= 11 is 0. The molecule has 0 spiro atoms. The summed E-state index contributed by atoms with van der Waals surface area (Å²) in [5.41, 5.74) is 1.40. The molecule has 0 fully saturated rings. The average molecular weight is 272 g/mol. The number of carbonyl (C=O) groups is 1. The number of amides is 1. The Morgan fingerprint density at radius 1 is 1.35 bits per heavy atom. The number of aliphatic hydroxyl groups is 1. The van der Waals surface area contributed by atoms with E-state index < -0.39 is 12.0 Å². The van der Waals surface area contributed by atoms with Gasteiger partial charge in [-0.25, -0.2) is 0 Å². The van der Waals surface area contributed by atoms with Gasteiger partial charge in [-0.15, -0.1) is 0 Å². The highest BCUT2D eigenvalue weighted by Crippen LogP contribution is 2.17. The minimum absolute atomic E-state index is 0.333. The molecule has 1 aromatic heterocycles. The van der Waals surface area contributed by atoms with E-state index in [1.807, 2.05) is 6.07 Å². The average Bonchev–Trinajstić information content (AvgIpc) is 2.53. The summed E-state index contributed by atoms with van der Waals surface area (Å²) in [6.07, 6.45) is 2.13. The van der Waals surface area contributed by atoms with Gasteiger partial charge in [0.05, 0.1) is 7.11 Å². The molecule has 1 atom stereocenters. The van der Waals surface area contributed by atoms with Crippen molar-refractivity contribution in [2.75, 3.05) is 7.11 Å². The summed E-state index contributed by atoms with van der Waals surface area (Å²) in [4.78, 5) is 15.8. The molecule has 2 N–H and O–H groups in total. The zero-order valence-corrected chi connectivity index (χ0v) is 11.1. The zero-order chi connectivity index (χ0) is 14.4. The van der Waals surface area contributed by atoms with E-state index in [-0.39, 0.29) is 0 Å². The topological polar surface area (TPSA) is 71.5 Å². The van der Waals surface area contributed by atoms with Crippen LogP contribution in [-0.2, 0) is 11.3 Å². The Hall–Kier alpha value is -2.40. The fourth-order valence-electron chi connectivity index (χ4n) is 1.73. The lowest BCUT2D eigenvalue weighted by Gasteiger charge is -2.12. The maximum atomic E-state index is 11.9. The molecule has 2 rings (SSSR count). The normalized spacial score (nSPS) is 11.7. The zero-order valence-electron chi connectivity index (χ0n) is 11.1. The number of nitrogens with zero attached hydrogens (tertiary/aromatic N) is 1. The number of carbonyl (C=O) groups excluding carboxylic acids is 1. The van der Waals surface area contributed by atoms with Crippen LogP contribution in [0.4, 0.5) is 0 Å². The van der Waals surface area contributed by atoms with Crippen molar-refractivity contribution >= 4 is 5.91 Å². The quantitative estimate of drug-likeness (QED) is 0.864. The van der Waals surface area contributed by atoms with Crippen molar-refractivity contribution in [1.82, 2.24) is 10.3 Å². The highest BCUT2D eigenvalue weighted by atomic mass is 16.5. The molecule has 1 heterocycles. The van der Waals surface area contributed by atoms with Crippen LogP contribution in [0.3, 0.4) is 0 Å². The first kappa shape index (κ1) is 14.0. The number of benzene rings is 1. The minimum atomic E-state index is -1.20. The Bertz CT molecular complexity index is 555. The second-order valence-electron chi connectivity index (χ2n) is 4.25. The number of aromatic nitrogens is 1. The molecule has 104 valence electrons. The van der Waals surface area contributed by atoms with E-state index in [4.69, 9.17) is 4.74 Å². The number of ether oxygens (including phenoxy) is 1. The van der Waals surface area contributed by atoms with E-state index in [1.54, 1.807) is 49.8 Å². The van der Waals surface area contributed by atoms with Crippen LogP contribution in [0.1, 0.15) is 17.2 Å². The second-order valence-corrected chi connectivity index (χ2v) is 4.25. The fraction of sp³-hybridized carbons (Fsp3) is 0.200. The first-order chi connectivity index (χ1) is 9.70. The van der Waals surface area contributed by atoms with E-state index >= 15 is 0 Å². The molecular formula is C15H16N2O3. The van der Waals surface area contributed by atoms with Crippen LogP contribution in [0.15, 0.2) is 48.8 Å². The summed E-state index contributed by atoms with van der Waals surface area (Å²) in [5.74, 6) is 0.232. The van der Waals surface area contributed by atoms with Gasteiger partial charge in [0, 0.05) is 18.9 Å². The van der Waals surface area contributed by atoms with Crippen LogP contribution < -0.4 is 10.1 Å². The molecule has 0 aliphatic heterocycles. The SMILES string of the molecule is COc1ccc(C(O)C(=O)NCc2cccnc2)cc1. The highest BCUT2D eigenvalue weighted by molar-refractivity contribution is 5.81. The van der Waals surface area contributed by atoms with Gasteiger partial charge in [-0.2, -0.15) is 0 Å². The molecule has 2 aromatic rings. The van der Waals surface area contributed by atoms with Crippen LogP contribution in [0.25, 0.3) is 0 Å². The van der Waals surface area contributed by atoms with Crippen LogP contribution in [0.2, 0.25) is 0 Å². The molecule has 0 aliphatic rings. The van der Waals surface area contributed by atoms with Crippen LogP contribution >= 0.6 is 0 Å². The first-order valence-corrected chi connectivity index (χ1v) is 6.19. The highest BCUT2D eigenvalue weighted by Gasteiger charge is 2.16. The Labute approximate surface area is 117 Å². The lowest BCUT2D eigenvalue weighted by atomic mass is 10.1. The fourth-order valence-corrected chi connectivity index (χ4v) is 1.73. The van der Waals surface area contributed by atoms with Gasteiger partial charge in [0.25, 0.3) is 5.91 Å². The number of aliphatic hydroxyl groups excluding tert-OH is 1. The Kier molecular flexibility index (Phi) is 4.68. The number of nitrogens with one attached hydrogen (secondary N) is 1. The number of hydrogen-bond acceptors (Lipinski definition) is 4. The van der Waals surface area contributed by atoms with Gasteiger partial charge >= 0.3 is 0 Å². The van der Waals surface area contributed by atoms with Gasteiger partial charge in [-0.1, -0.05) is 18.2 Å². The van der Waals surface area contributed by atoms with Crippen molar-refractivity contribution in [2.24, 2.45) is 0 Å². The van der Waals surface area contributed by atoms with E-state index in [0.29, 0.717) is 17.9 Å². The number of pyridine rings is 1. The van der Waals surface area contributed by atoms with Crippen molar-refractivity contribution in [3.8, 4) is 5.75 Å². The number of methoxy groups -OCH3 is 1. The van der Waals surface area contributed by atoms with Crippen molar-refractivity contribution in [3.63, 3.8) is 0 Å². The van der Waals surface area contributed by atoms with Gasteiger partial charge in [0.2, 0.25) is 0 Å². The van der Waals surface area contributed by atoms with E-state index in [9.17, 15) is 9.90 Å². The molecule has 0 saturated carbocycles. The van der Waals surface area contributed by atoms with Crippen LogP contribution in [-0.4, -0.2) is 23.1 Å². The molecule has 5 heteroatoms. The Morgan fingerprint density at radius 3 is 2.70 bits per heavy atom. The smallest absolute Gasteiger partial charge is 0.253 e. The maximum absolute atomic E-state index is 11.9. The van der Waals surface area contributed by atoms with E-state index in [1.165, 1.54) is 0 Å². The third-order valence-electron chi connectivity index (χ3n) is 2.87. The predicted molar refractivity (Wildman–Crippen MR) is 74.0 cm³/mol. The molecule has 20 heavy (non-hydrogen) atoms. The molecule has 1 amide bonds. The van der Waals surface area contributed by atoms with Gasteiger partial charge in [0.1, 0.15) is 5.75 Å². The van der Waals surface area contributed by atoms with E-state index in [2.05, 4.69) is 10.3 Å². The molecule has 5 nitrogen and oxygen atoms in total. The van der Waals surface area contributed by atoms with Crippen LogP contribution in [0, 0.1) is 0 Å². The van der Waals surface area contributed by atoms with Crippen LogP contribution in [0.5, 0.6) is 5.75 Å². The predicted octanol–water partition coefficient (Wildman–Crippen LogP) is 1.44. The van der Waals surface area contributed by atoms with Gasteiger partial charge in [-0.3, -0.25) is 9.78 Å². The largest absolute Gasteiger partial charge is 0.497 e. The standard InChI is InChI=1S/C15H16N2O3/c1-20-13-6-4-12(5-7-13)14(18)15(19)17-10-11-3-2-8-16-9-11/h2-9,14,18H,10H2,1H3,(H,17,19). The van der Waals surface area contributed by atoms with Gasteiger partial charge in [0.15, 0.2) is 6.10 Å². The Morgan fingerprint density at radius 2 is 2.10 bits per heavy atom. The summed E-state index contributed by atoms with van der Waals surface area (Å²) in [6.45, 7) is 0.333. The molecule has 1 unspecified atom stereocenters. The second kappa shape index (κ2) is 6.68. The lowest BCUT2D eigenvalue weighted by Crippen LogP contribution is -2.28. The monoisotopic (exact) mass is 272 g/mol. The summed E-state index contributed by atoms with van der Waals surface area (Å²) in [7, 11) is 1.56. The first-order valence-electron chi connectivity index (χ1n) is 6.19. The third-order valence-corrected chi connectivity index (χ3v) is 2.87. The lowest BCUT2D eigenvalue weighted by molar-refractivity contribution is -0.129. The third kappa shape index (κ3) is 3.55. The van der Waals surface area contributed by atoms with Crippen molar-refractivity contribution < 1.29 is 14.6 Å². The van der Waals surface area contributed by atoms with E-state index in [0.717, 1.165) is 5.56 Å². The number of rotatable bonds is 5. The summed E-state index contributed by atoms with van der Waals surface area (Å²) < 4.78 is 5.03. The van der Waals surface area contributed by atoms with Gasteiger partial charge < -0.3 is 15.2 Å². The summed E-state index contributed by atoms with van der Waals surface area (Å²) in [6, 6.07) is 10.4. The minimum Gasteiger partial charge on any atom is -0.497 e. The maximum Gasteiger partial charge on any atom is 0.253 e. The van der Waals surface area contributed by atoms with Crippen molar-refractivity contribution in [1.29, 1.82) is 0 Å². The van der Waals surface area contributed by atoms with Gasteiger partial charge in [-0.05, 0) is 29.3 Å². The molecule has 1 aromatic carbocycles.